The number of halogens is 3. The Hall–Kier alpha value is -1.87. The van der Waals surface area contributed by atoms with Crippen molar-refractivity contribution in [3.63, 3.8) is 0 Å². The van der Waals surface area contributed by atoms with Crippen LogP contribution in [0.5, 0.6) is 5.88 Å². The molecule has 0 aliphatic rings. The summed E-state index contributed by atoms with van der Waals surface area (Å²) < 4.78 is 47.4. The molecular formula is C12H14F3NO5. The Bertz CT molecular complexity index is 506. The number of ether oxygens (including phenoxy) is 2. The van der Waals surface area contributed by atoms with Crippen molar-refractivity contribution in [2.45, 2.75) is 25.3 Å². The molecule has 9 heteroatoms. The van der Waals surface area contributed by atoms with E-state index in [1.807, 2.05) is 0 Å². The molecule has 118 valence electrons. The van der Waals surface area contributed by atoms with Crippen molar-refractivity contribution < 1.29 is 37.7 Å². The number of aliphatic hydroxyl groups is 2. The van der Waals surface area contributed by atoms with E-state index in [0.29, 0.717) is 6.07 Å². The smallest absolute Gasteiger partial charge is 0.421 e. The minimum absolute atomic E-state index is 0.0444. The maximum atomic E-state index is 12.8. The molecule has 0 spiro atoms. The summed E-state index contributed by atoms with van der Waals surface area (Å²) in [5, 5.41) is 19.3. The summed E-state index contributed by atoms with van der Waals surface area (Å²) in [7, 11) is 1.02. The van der Waals surface area contributed by atoms with Crippen molar-refractivity contribution >= 4 is 5.97 Å². The predicted octanol–water partition coefficient (Wildman–Crippen LogP) is 1.07. The van der Waals surface area contributed by atoms with Gasteiger partial charge in [-0.2, -0.15) is 13.2 Å². The van der Waals surface area contributed by atoms with Gasteiger partial charge < -0.3 is 19.7 Å². The highest BCUT2D eigenvalue weighted by Crippen LogP contribution is 2.36. The van der Waals surface area contributed by atoms with Gasteiger partial charge in [-0.1, -0.05) is 0 Å². The number of aliphatic hydroxyl groups excluding tert-OH is 2. The molecule has 0 fully saturated rings. The summed E-state index contributed by atoms with van der Waals surface area (Å²) in [6, 6.07) is 0.555. The molecule has 2 N–H and O–H groups in total. The molecule has 0 bridgehead atoms. The van der Waals surface area contributed by atoms with E-state index in [1.165, 1.54) is 6.92 Å². The van der Waals surface area contributed by atoms with E-state index in [-0.39, 0.29) is 12.2 Å². The van der Waals surface area contributed by atoms with E-state index in [9.17, 15) is 28.2 Å². The second-order valence-electron chi connectivity index (χ2n) is 3.96. The fourth-order valence-electron chi connectivity index (χ4n) is 1.53. The Morgan fingerprint density at radius 2 is 2.05 bits per heavy atom. The van der Waals surface area contributed by atoms with Gasteiger partial charge in [0.25, 0.3) is 0 Å². The van der Waals surface area contributed by atoms with Crippen LogP contribution in [-0.4, -0.2) is 41.0 Å². The maximum absolute atomic E-state index is 12.8. The average molecular weight is 309 g/mol. The van der Waals surface area contributed by atoms with Crippen LogP contribution in [0.3, 0.4) is 0 Å². The second-order valence-corrected chi connectivity index (χ2v) is 3.96. The first-order valence-electron chi connectivity index (χ1n) is 5.86. The van der Waals surface area contributed by atoms with E-state index < -0.39 is 35.8 Å². The van der Waals surface area contributed by atoms with Crippen LogP contribution in [0.1, 0.15) is 24.2 Å². The monoisotopic (exact) mass is 309 g/mol. The zero-order valence-electron chi connectivity index (χ0n) is 11.2. The molecule has 1 rings (SSSR count). The van der Waals surface area contributed by atoms with Crippen LogP contribution in [0.4, 0.5) is 13.2 Å². The van der Waals surface area contributed by atoms with E-state index in [0.717, 1.165) is 13.3 Å². The Balaban J connectivity index is 3.11. The summed E-state index contributed by atoms with van der Waals surface area (Å²) >= 11 is 0. The van der Waals surface area contributed by atoms with E-state index in [1.54, 1.807) is 0 Å². The van der Waals surface area contributed by atoms with Crippen LogP contribution >= 0.6 is 0 Å². The highest BCUT2D eigenvalue weighted by Gasteiger charge is 2.37. The lowest BCUT2D eigenvalue weighted by Crippen LogP contribution is -2.30. The Kier molecular flexibility index (Phi) is 5.50. The average Bonchev–Trinajstić information content (AvgIpc) is 2.44. The first-order valence-corrected chi connectivity index (χ1v) is 5.86. The first-order chi connectivity index (χ1) is 9.72. The van der Waals surface area contributed by atoms with Gasteiger partial charge in [-0.05, 0) is 13.0 Å². The number of carbonyl (C=O) groups excluding carboxylic acids is 1. The van der Waals surface area contributed by atoms with Gasteiger partial charge >= 0.3 is 12.1 Å². The molecule has 1 aromatic rings. The predicted molar refractivity (Wildman–Crippen MR) is 63.4 cm³/mol. The van der Waals surface area contributed by atoms with Crippen molar-refractivity contribution in [2.75, 3.05) is 13.7 Å². The fourth-order valence-corrected chi connectivity index (χ4v) is 1.53. The molecule has 0 aliphatic carbocycles. The molecule has 0 saturated carbocycles. The molecule has 0 radical (unpaired) electrons. The molecule has 2 atom stereocenters. The van der Waals surface area contributed by atoms with Crippen molar-refractivity contribution in [3.8, 4) is 5.88 Å². The van der Waals surface area contributed by atoms with Gasteiger partial charge in [0, 0.05) is 11.8 Å². The number of esters is 1. The van der Waals surface area contributed by atoms with Crippen LogP contribution in [0.15, 0.2) is 12.3 Å². The third-order valence-electron chi connectivity index (χ3n) is 2.54. The number of nitrogens with zero attached hydrogens (tertiary/aromatic N) is 1. The highest BCUT2D eigenvalue weighted by molar-refractivity contribution is 5.75. The summed E-state index contributed by atoms with van der Waals surface area (Å²) in [4.78, 5) is 14.7. The Morgan fingerprint density at radius 3 is 2.52 bits per heavy atom. The minimum atomic E-state index is -4.76. The largest absolute Gasteiger partial charge is 0.481 e. The first kappa shape index (κ1) is 17.2. The lowest BCUT2D eigenvalue weighted by molar-refractivity contribution is -0.159. The summed E-state index contributed by atoms with van der Waals surface area (Å²) in [5.74, 6) is -1.82. The number of rotatable bonds is 5. The zero-order chi connectivity index (χ0) is 16.2. The zero-order valence-corrected chi connectivity index (χ0v) is 11.2. The van der Waals surface area contributed by atoms with E-state index in [4.69, 9.17) is 0 Å². The van der Waals surface area contributed by atoms with E-state index >= 15 is 0 Å². The molecule has 0 amide bonds. The number of aromatic nitrogens is 1. The number of hydrogen-bond donors (Lipinski definition) is 2. The molecule has 2 unspecified atom stereocenters. The van der Waals surface area contributed by atoms with Crippen molar-refractivity contribution in [2.24, 2.45) is 0 Å². The number of pyridine rings is 1. The minimum Gasteiger partial charge on any atom is -0.481 e. The van der Waals surface area contributed by atoms with Gasteiger partial charge in [0.15, 0.2) is 6.10 Å². The molecule has 1 aromatic heterocycles. The molecule has 6 nitrogen and oxygen atoms in total. The summed E-state index contributed by atoms with van der Waals surface area (Å²) in [5.41, 5.74) is -1.61. The molecule has 0 aliphatic heterocycles. The van der Waals surface area contributed by atoms with E-state index in [2.05, 4.69) is 14.5 Å². The number of methoxy groups -OCH3 is 1. The van der Waals surface area contributed by atoms with Gasteiger partial charge in [-0.15, -0.1) is 0 Å². The number of hydrogen-bond acceptors (Lipinski definition) is 6. The van der Waals surface area contributed by atoms with Gasteiger partial charge in [0.1, 0.15) is 11.7 Å². The lowest BCUT2D eigenvalue weighted by Gasteiger charge is -2.18. The van der Waals surface area contributed by atoms with Crippen LogP contribution in [0, 0.1) is 0 Å². The van der Waals surface area contributed by atoms with Crippen LogP contribution in [-0.2, 0) is 15.7 Å². The van der Waals surface area contributed by atoms with Crippen LogP contribution < -0.4 is 4.74 Å². The summed E-state index contributed by atoms with van der Waals surface area (Å²) in [6.45, 7) is 1.44. The van der Waals surface area contributed by atoms with Gasteiger partial charge in [-0.3, -0.25) is 0 Å². The molecular weight excluding hydrogens is 295 g/mol. The second kappa shape index (κ2) is 6.72. The molecule has 21 heavy (non-hydrogen) atoms. The van der Waals surface area contributed by atoms with Crippen LogP contribution in [0.25, 0.3) is 0 Å². The third-order valence-corrected chi connectivity index (χ3v) is 2.54. The van der Waals surface area contributed by atoms with Crippen LogP contribution in [0.2, 0.25) is 0 Å². The maximum Gasteiger partial charge on any atom is 0.421 e. The Morgan fingerprint density at radius 1 is 1.43 bits per heavy atom. The Labute approximate surface area is 118 Å². The SMILES string of the molecule is CCOC(=O)C(O)C(O)c1cnc(OC)c(C(F)(F)F)c1. The number of alkyl halides is 3. The standard InChI is InChI=1S/C12H14F3NO5/c1-3-21-11(19)9(18)8(17)6-4-7(12(13,14)15)10(20-2)16-5-6/h4-5,8-9,17-18H,3H2,1-2H3. The van der Waals surface area contributed by atoms with Gasteiger partial charge in [0.05, 0.1) is 13.7 Å². The fraction of sp³-hybridized carbons (Fsp3) is 0.500. The molecule has 0 aromatic carbocycles. The van der Waals surface area contributed by atoms with Gasteiger partial charge in [-0.25, -0.2) is 9.78 Å². The number of carbonyl (C=O) groups is 1. The topological polar surface area (TPSA) is 88.9 Å². The van der Waals surface area contributed by atoms with Crippen molar-refractivity contribution in [1.82, 2.24) is 4.98 Å². The normalized spacial score (nSPS) is 14.4. The van der Waals surface area contributed by atoms with Crippen molar-refractivity contribution in [3.05, 3.63) is 23.4 Å². The quantitative estimate of drug-likeness (QED) is 0.791. The third kappa shape index (κ3) is 4.05. The summed E-state index contributed by atoms with van der Waals surface area (Å²) in [6.07, 6.45) is -7.80. The van der Waals surface area contributed by atoms with Gasteiger partial charge in [0.2, 0.25) is 5.88 Å². The highest BCUT2D eigenvalue weighted by atomic mass is 19.4. The lowest BCUT2D eigenvalue weighted by atomic mass is 10.0. The van der Waals surface area contributed by atoms with Crippen molar-refractivity contribution in [1.29, 1.82) is 0 Å². The molecule has 1 heterocycles. The molecule has 0 saturated heterocycles.